The Balaban J connectivity index is 1.74. The molecule has 1 saturated carbocycles. The third-order valence-corrected chi connectivity index (χ3v) is 6.83. The zero-order chi connectivity index (χ0) is 28.5. The quantitative estimate of drug-likeness (QED) is 0.349. The highest BCUT2D eigenvalue weighted by Crippen LogP contribution is 2.41. The number of hydrogen-bond donors (Lipinski definition) is 3. The Hall–Kier alpha value is -3.87. The molecule has 0 unspecified atom stereocenters. The van der Waals surface area contributed by atoms with Gasteiger partial charge in [-0.3, -0.25) is 14.4 Å². The van der Waals surface area contributed by atoms with Crippen LogP contribution in [0.25, 0.3) is 10.6 Å². The standard InChI is InChI=1S/C24H24B3N7O4S/c1-11-19(23(37)34(2)3)39-22(28-11)13-6-5-7-14(18(13)38-4)29-15-10-16(30-20(35)12-8-9-12)32-33-17(15)21(36)31-24(25,26)27/h5-7,10,12H,8-9H2,1-4H3,(H,31,36)(H2,29,30,32,35). The lowest BCUT2D eigenvalue weighted by Crippen LogP contribution is -2.50. The smallest absolute Gasteiger partial charge is 0.272 e. The van der Waals surface area contributed by atoms with E-state index in [1.165, 1.54) is 29.4 Å². The summed E-state index contributed by atoms with van der Waals surface area (Å²) >= 11 is 1.24. The molecule has 39 heavy (non-hydrogen) atoms. The molecule has 0 saturated heterocycles. The molecule has 1 aromatic carbocycles. The van der Waals surface area contributed by atoms with E-state index in [0.29, 0.717) is 32.6 Å². The molecule has 0 bridgehead atoms. The highest BCUT2D eigenvalue weighted by atomic mass is 32.1. The minimum Gasteiger partial charge on any atom is -0.494 e. The first kappa shape index (κ1) is 28.2. The number of anilines is 3. The second kappa shape index (κ2) is 11.1. The molecule has 11 nitrogen and oxygen atoms in total. The number of benzene rings is 1. The number of methoxy groups -OCH3 is 1. The first-order chi connectivity index (χ1) is 18.4. The van der Waals surface area contributed by atoms with Gasteiger partial charge in [0.2, 0.25) is 5.91 Å². The number of nitrogens with zero attached hydrogens (tertiary/aromatic N) is 4. The number of ether oxygens (including phenoxy) is 1. The van der Waals surface area contributed by atoms with E-state index in [4.69, 9.17) is 28.3 Å². The molecule has 4 rings (SSSR count). The van der Waals surface area contributed by atoms with Crippen LogP contribution in [0.4, 0.5) is 17.2 Å². The molecule has 3 amide bonds. The zero-order valence-corrected chi connectivity index (χ0v) is 22.7. The van der Waals surface area contributed by atoms with Gasteiger partial charge < -0.3 is 25.6 Å². The molecule has 2 heterocycles. The number of carbonyl (C=O) groups excluding carboxylic acids is 3. The van der Waals surface area contributed by atoms with E-state index in [1.54, 1.807) is 39.2 Å². The van der Waals surface area contributed by atoms with Crippen LogP contribution in [0.5, 0.6) is 5.75 Å². The van der Waals surface area contributed by atoms with Crippen molar-refractivity contribution in [2.75, 3.05) is 31.8 Å². The topological polar surface area (TPSA) is 138 Å². The summed E-state index contributed by atoms with van der Waals surface area (Å²) in [6, 6.07) is 6.75. The van der Waals surface area contributed by atoms with Crippen molar-refractivity contribution in [3.05, 3.63) is 40.5 Å². The van der Waals surface area contributed by atoms with Crippen LogP contribution in [0, 0.1) is 12.8 Å². The van der Waals surface area contributed by atoms with Crippen LogP contribution >= 0.6 is 11.3 Å². The Morgan fingerprint density at radius 2 is 1.85 bits per heavy atom. The van der Waals surface area contributed by atoms with Gasteiger partial charge in [-0.25, -0.2) is 4.98 Å². The molecule has 1 aliphatic rings. The number of para-hydroxylation sites is 1. The predicted octanol–water partition coefficient (Wildman–Crippen LogP) is 1.56. The maximum atomic E-state index is 12.9. The largest absolute Gasteiger partial charge is 0.494 e. The Morgan fingerprint density at radius 1 is 1.13 bits per heavy atom. The van der Waals surface area contributed by atoms with Gasteiger partial charge in [0, 0.05) is 26.1 Å². The van der Waals surface area contributed by atoms with Crippen molar-refractivity contribution in [1.82, 2.24) is 25.4 Å². The summed E-state index contributed by atoms with van der Waals surface area (Å²) in [5, 5.41) is 14.6. The Bertz CT molecular complexity index is 1440. The molecular formula is C24H24B3N7O4S. The van der Waals surface area contributed by atoms with Crippen molar-refractivity contribution < 1.29 is 19.1 Å². The van der Waals surface area contributed by atoms with Crippen molar-refractivity contribution in [1.29, 1.82) is 0 Å². The van der Waals surface area contributed by atoms with E-state index in [9.17, 15) is 14.4 Å². The lowest BCUT2D eigenvalue weighted by atomic mass is 9.49. The molecule has 2 aromatic heterocycles. The van der Waals surface area contributed by atoms with E-state index in [-0.39, 0.29) is 34.9 Å². The van der Waals surface area contributed by atoms with Gasteiger partial charge in [-0.2, -0.15) is 0 Å². The maximum Gasteiger partial charge on any atom is 0.272 e. The molecule has 15 heteroatoms. The van der Waals surface area contributed by atoms with Crippen molar-refractivity contribution >= 4 is 69.8 Å². The molecule has 3 aromatic rings. The zero-order valence-electron chi connectivity index (χ0n) is 21.9. The number of aromatic nitrogens is 3. The van der Waals surface area contributed by atoms with Crippen LogP contribution in [0.3, 0.4) is 0 Å². The van der Waals surface area contributed by atoms with Crippen molar-refractivity contribution in [3.63, 3.8) is 0 Å². The maximum absolute atomic E-state index is 12.9. The summed E-state index contributed by atoms with van der Waals surface area (Å²) in [6.07, 6.45) is 1.61. The van der Waals surface area contributed by atoms with Gasteiger partial charge in [0.1, 0.15) is 9.88 Å². The molecule has 0 spiro atoms. The summed E-state index contributed by atoms with van der Waals surface area (Å²) in [5.74, 6) is -0.661. The van der Waals surface area contributed by atoms with Gasteiger partial charge in [0.25, 0.3) is 11.8 Å². The Kier molecular flexibility index (Phi) is 8.00. The SMILES string of the molecule is [B]C([B])([B])NC(=O)c1nnc(NC(=O)C2CC2)cc1Nc1cccc(-c2nc(C)c(C(=O)N(C)C)s2)c1OC. The first-order valence-corrected chi connectivity index (χ1v) is 12.7. The van der Waals surface area contributed by atoms with Crippen LogP contribution in [0.1, 0.15) is 38.7 Å². The fourth-order valence-electron chi connectivity index (χ4n) is 3.63. The lowest BCUT2D eigenvalue weighted by molar-refractivity contribution is -0.117. The predicted molar refractivity (Wildman–Crippen MR) is 151 cm³/mol. The highest BCUT2D eigenvalue weighted by Gasteiger charge is 2.30. The number of rotatable bonds is 9. The van der Waals surface area contributed by atoms with Crippen LogP contribution in [0.15, 0.2) is 24.3 Å². The molecule has 0 atom stereocenters. The summed E-state index contributed by atoms with van der Waals surface area (Å²) in [5.41, 5.74) is 1.66. The van der Waals surface area contributed by atoms with Gasteiger partial charge in [-0.15, -0.1) is 21.5 Å². The van der Waals surface area contributed by atoms with Crippen LogP contribution < -0.4 is 20.7 Å². The summed E-state index contributed by atoms with van der Waals surface area (Å²) in [4.78, 5) is 44.3. The third-order valence-electron chi connectivity index (χ3n) is 5.65. The average Bonchev–Trinajstić information content (AvgIpc) is 3.64. The molecule has 1 fully saturated rings. The summed E-state index contributed by atoms with van der Waals surface area (Å²) < 4.78 is 5.72. The number of amides is 3. The summed E-state index contributed by atoms with van der Waals surface area (Å²) in [6.45, 7) is 1.77. The number of aryl methyl sites for hydroxylation is 1. The van der Waals surface area contributed by atoms with Crippen LogP contribution in [-0.2, 0) is 4.79 Å². The average molecular weight is 539 g/mol. The molecular weight excluding hydrogens is 515 g/mol. The Labute approximate surface area is 233 Å². The molecule has 194 valence electrons. The normalized spacial score (nSPS) is 12.9. The molecule has 3 N–H and O–H groups in total. The number of carbonyl (C=O) groups is 3. The molecule has 0 aliphatic heterocycles. The van der Waals surface area contributed by atoms with Gasteiger partial charge in [0.05, 0.1) is 53.3 Å². The Morgan fingerprint density at radius 3 is 2.46 bits per heavy atom. The van der Waals surface area contributed by atoms with Crippen molar-refractivity contribution in [3.8, 4) is 16.3 Å². The van der Waals surface area contributed by atoms with Gasteiger partial charge in [-0.05, 0) is 31.9 Å². The number of thiazole rings is 1. The van der Waals surface area contributed by atoms with Crippen molar-refractivity contribution in [2.45, 2.75) is 25.0 Å². The molecule has 6 radical (unpaired) electrons. The van der Waals surface area contributed by atoms with Crippen LogP contribution in [-0.4, -0.2) is 87.8 Å². The molecule has 1 aliphatic carbocycles. The van der Waals surface area contributed by atoms with E-state index in [2.05, 4.69) is 31.1 Å². The van der Waals surface area contributed by atoms with E-state index in [0.717, 1.165) is 12.8 Å². The number of hydrogen-bond acceptors (Lipinski definition) is 9. The summed E-state index contributed by atoms with van der Waals surface area (Å²) in [7, 11) is 21.5. The van der Waals surface area contributed by atoms with Crippen LogP contribution in [0.2, 0.25) is 0 Å². The fraction of sp³-hybridized carbons (Fsp3) is 0.333. The monoisotopic (exact) mass is 539 g/mol. The minimum absolute atomic E-state index is 0.0682. The first-order valence-electron chi connectivity index (χ1n) is 11.9. The van der Waals surface area contributed by atoms with Gasteiger partial charge in [-0.1, -0.05) is 11.3 Å². The fourth-order valence-corrected chi connectivity index (χ4v) is 4.74. The van der Waals surface area contributed by atoms with E-state index < -0.39 is 11.1 Å². The van der Waals surface area contributed by atoms with E-state index in [1.807, 2.05) is 0 Å². The minimum atomic E-state index is -2.00. The van der Waals surface area contributed by atoms with E-state index >= 15 is 0 Å². The second-order valence-electron chi connectivity index (χ2n) is 9.29. The number of nitrogens with one attached hydrogen (secondary N) is 3. The van der Waals surface area contributed by atoms with Crippen molar-refractivity contribution in [2.24, 2.45) is 5.92 Å². The second-order valence-corrected chi connectivity index (χ2v) is 10.3. The lowest BCUT2D eigenvalue weighted by Gasteiger charge is -2.23. The van der Waals surface area contributed by atoms with Gasteiger partial charge >= 0.3 is 0 Å². The third kappa shape index (κ3) is 6.59. The van der Waals surface area contributed by atoms with Gasteiger partial charge in [0.15, 0.2) is 17.3 Å². The highest BCUT2D eigenvalue weighted by molar-refractivity contribution is 7.17.